The molecule has 4 nitrogen and oxygen atoms in total. The van der Waals surface area contributed by atoms with Crippen LogP contribution in [0.1, 0.15) is 52.4 Å². The van der Waals surface area contributed by atoms with Crippen LogP contribution in [0.15, 0.2) is 84.9 Å². The number of carbonyl (C=O) groups is 1. The summed E-state index contributed by atoms with van der Waals surface area (Å²) in [4.78, 5) is 13.9. The normalized spacial score (nSPS) is 17.0. The Morgan fingerprint density at radius 3 is 2.26 bits per heavy atom. The predicted octanol–water partition coefficient (Wildman–Crippen LogP) is 4.95. The molecule has 0 aromatic heterocycles. The molecule has 1 unspecified atom stereocenters. The van der Waals surface area contributed by atoms with Gasteiger partial charge in [-0.2, -0.15) is 0 Å². The number of rotatable bonds is 8. The van der Waals surface area contributed by atoms with Crippen LogP contribution in [0.2, 0.25) is 0 Å². The van der Waals surface area contributed by atoms with Gasteiger partial charge in [0.15, 0.2) is 0 Å². The second-order valence-electron chi connectivity index (χ2n) is 8.14. The Balaban J connectivity index is 1.49. The lowest BCUT2D eigenvalue weighted by molar-refractivity contribution is -0.105. The van der Waals surface area contributed by atoms with E-state index in [-0.39, 0.29) is 18.2 Å². The van der Waals surface area contributed by atoms with Crippen LogP contribution in [-0.4, -0.2) is 30.1 Å². The number of benzene rings is 3. The molecule has 0 radical (unpaired) electrons. The average molecular weight is 415 g/mol. The van der Waals surface area contributed by atoms with Crippen molar-refractivity contribution in [1.29, 1.82) is 0 Å². The number of hydrogen-bond acceptors (Lipinski definition) is 3. The second-order valence-corrected chi connectivity index (χ2v) is 8.14. The molecule has 3 aromatic rings. The molecule has 31 heavy (non-hydrogen) atoms. The molecule has 3 aromatic carbocycles. The molecular weight excluding hydrogens is 384 g/mol. The minimum atomic E-state index is -0.380. The first kappa shape index (κ1) is 21.3. The van der Waals surface area contributed by atoms with Crippen molar-refractivity contribution in [3.05, 3.63) is 107 Å². The van der Waals surface area contributed by atoms with E-state index in [0.29, 0.717) is 5.56 Å². The number of piperidine rings is 1. The highest BCUT2D eigenvalue weighted by atomic mass is 16.5. The van der Waals surface area contributed by atoms with Gasteiger partial charge in [0.1, 0.15) is 12.3 Å². The standard InChI is InChI=1S/C27H30N2O2/c28-27(30)24-15-9-10-21(20-24)17-19-29-18-8-7-16-25(29)31-26(22-11-3-1-4-12-22)23-13-5-2-6-14-23/h1-6,9-15,20,25-26H,7-8,16-19H2,(H2,28,30). The van der Waals surface area contributed by atoms with Crippen molar-refractivity contribution in [1.82, 2.24) is 4.90 Å². The Bertz CT molecular complexity index is 935. The van der Waals surface area contributed by atoms with Crippen LogP contribution in [0.5, 0.6) is 0 Å². The molecule has 4 heteroatoms. The average Bonchev–Trinajstić information content (AvgIpc) is 2.83. The molecule has 0 aliphatic carbocycles. The van der Waals surface area contributed by atoms with Crippen LogP contribution in [0.25, 0.3) is 0 Å². The quantitative estimate of drug-likeness (QED) is 0.568. The van der Waals surface area contributed by atoms with Gasteiger partial charge in [0.2, 0.25) is 5.91 Å². The Hall–Kier alpha value is -2.95. The van der Waals surface area contributed by atoms with E-state index < -0.39 is 0 Å². The topological polar surface area (TPSA) is 55.6 Å². The SMILES string of the molecule is NC(=O)c1cccc(CCN2CCCCC2OC(c2ccccc2)c2ccccc2)c1. The molecular formula is C27H30N2O2. The number of carbonyl (C=O) groups excluding carboxylic acids is 1. The van der Waals surface area contributed by atoms with E-state index in [1.807, 2.05) is 24.3 Å². The number of nitrogens with zero attached hydrogens (tertiary/aromatic N) is 1. The molecule has 1 saturated heterocycles. The minimum Gasteiger partial charge on any atom is -0.366 e. The molecule has 1 heterocycles. The van der Waals surface area contributed by atoms with E-state index in [1.165, 1.54) is 24.0 Å². The van der Waals surface area contributed by atoms with Crippen LogP contribution in [0.4, 0.5) is 0 Å². The van der Waals surface area contributed by atoms with Crippen molar-refractivity contribution in [2.75, 3.05) is 13.1 Å². The first-order valence-corrected chi connectivity index (χ1v) is 11.1. The highest BCUT2D eigenvalue weighted by Gasteiger charge is 2.27. The molecule has 0 spiro atoms. The number of nitrogens with two attached hydrogens (primary N) is 1. The van der Waals surface area contributed by atoms with Gasteiger partial charge in [-0.1, -0.05) is 72.8 Å². The molecule has 0 bridgehead atoms. The van der Waals surface area contributed by atoms with Crippen molar-refractivity contribution >= 4 is 5.91 Å². The monoisotopic (exact) mass is 414 g/mol. The van der Waals surface area contributed by atoms with E-state index in [4.69, 9.17) is 10.5 Å². The van der Waals surface area contributed by atoms with E-state index in [1.54, 1.807) is 6.07 Å². The lowest BCUT2D eigenvalue weighted by Gasteiger charge is -2.38. The third kappa shape index (κ3) is 5.60. The lowest BCUT2D eigenvalue weighted by Crippen LogP contribution is -2.43. The van der Waals surface area contributed by atoms with Gasteiger partial charge in [-0.15, -0.1) is 0 Å². The maximum absolute atomic E-state index is 11.5. The summed E-state index contributed by atoms with van der Waals surface area (Å²) in [5, 5.41) is 0. The molecule has 2 N–H and O–H groups in total. The Morgan fingerprint density at radius 1 is 0.935 bits per heavy atom. The largest absolute Gasteiger partial charge is 0.366 e. The van der Waals surface area contributed by atoms with Gasteiger partial charge in [-0.05, 0) is 54.5 Å². The summed E-state index contributed by atoms with van der Waals surface area (Å²) in [5.41, 5.74) is 9.48. The van der Waals surface area contributed by atoms with Crippen molar-refractivity contribution in [2.24, 2.45) is 5.73 Å². The van der Waals surface area contributed by atoms with Crippen LogP contribution in [-0.2, 0) is 11.2 Å². The fourth-order valence-corrected chi connectivity index (χ4v) is 4.29. The predicted molar refractivity (Wildman–Crippen MR) is 124 cm³/mol. The minimum absolute atomic E-state index is 0.0680. The van der Waals surface area contributed by atoms with Crippen LogP contribution >= 0.6 is 0 Å². The highest BCUT2D eigenvalue weighted by Crippen LogP contribution is 2.31. The molecule has 0 saturated carbocycles. The second kappa shape index (κ2) is 10.4. The van der Waals surface area contributed by atoms with E-state index >= 15 is 0 Å². The van der Waals surface area contributed by atoms with E-state index in [0.717, 1.165) is 31.5 Å². The van der Waals surface area contributed by atoms with Crippen molar-refractivity contribution < 1.29 is 9.53 Å². The summed E-state index contributed by atoms with van der Waals surface area (Å²) in [6.07, 6.45) is 4.22. The van der Waals surface area contributed by atoms with Crippen molar-refractivity contribution in [3.63, 3.8) is 0 Å². The maximum Gasteiger partial charge on any atom is 0.248 e. The van der Waals surface area contributed by atoms with Crippen LogP contribution in [0, 0.1) is 0 Å². The molecule has 160 valence electrons. The molecule has 1 amide bonds. The molecule has 1 aliphatic rings. The van der Waals surface area contributed by atoms with Gasteiger partial charge >= 0.3 is 0 Å². The Kier molecular flexibility index (Phi) is 7.13. The first-order chi connectivity index (χ1) is 15.2. The fourth-order valence-electron chi connectivity index (χ4n) is 4.29. The molecule has 4 rings (SSSR count). The summed E-state index contributed by atoms with van der Waals surface area (Å²) in [5.74, 6) is -0.380. The first-order valence-electron chi connectivity index (χ1n) is 11.1. The maximum atomic E-state index is 11.5. The fraction of sp³-hybridized carbons (Fsp3) is 0.296. The third-order valence-electron chi connectivity index (χ3n) is 5.95. The summed E-state index contributed by atoms with van der Waals surface area (Å²) >= 11 is 0. The molecule has 1 aliphatic heterocycles. The Morgan fingerprint density at radius 2 is 1.61 bits per heavy atom. The summed E-state index contributed by atoms with van der Waals surface area (Å²) in [6.45, 7) is 1.92. The lowest BCUT2D eigenvalue weighted by atomic mass is 10.0. The van der Waals surface area contributed by atoms with Gasteiger partial charge < -0.3 is 10.5 Å². The smallest absolute Gasteiger partial charge is 0.248 e. The number of ether oxygens (including phenoxy) is 1. The summed E-state index contributed by atoms with van der Waals surface area (Å²) < 4.78 is 6.78. The summed E-state index contributed by atoms with van der Waals surface area (Å²) in [7, 11) is 0. The zero-order valence-electron chi connectivity index (χ0n) is 17.8. The highest BCUT2D eigenvalue weighted by molar-refractivity contribution is 5.92. The molecule has 1 atom stereocenters. The van der Waals surface area contributed by atoms with E-state index in [2.05, 4.69) is 59.5 Å². The van der Waals surface area contributed by atoms with Gasteiger partial charge in [-0.3, -0.25) is 9.69 Å². The van der Waals surface area contributed by atoms with Gasteiger partial charge in [0.25, 0.3) is 0 Å². The van der Waals surface area contributed by atoms with Gasteiger partial charge in [0.05, 0.1) is 0 Å². The summed E-state index contributed by atoms with van der Waals surface area (Å²) in [6, 6.07) is 28.5. The van der Waals surface area contributed by atoms with Crippen molar-refractivity contribution in [2.45, 2.75) is 38.0 Å². The third-order valence-corrected chi connectivity index (χ3v) is 5.95. The number of likely N-dealkylation sites (tertiary alicyclic amines) is 1. The van der Waals surface area contributed by atoms with Gasteiger partial charge in [0, 0.05) is 18.7 Å². The zero-order valence-corrected chi connectivity index (χ0v) is 17.8. The zero-order chi connectivity index (χ0) is 21.5. The van der Waals surface area contributed by atoms with Crippen LogP contribution < -0.4 is 5.73 Å². The van der Waals surface area contributed by atoms with Gasteiger partial charge in [-0.25, -0.2) is 0 Å². The van der Waals surface area contributed by atoms with E-state index in [9.17, 15) is 4.79 Å². The number of primary amides is 1. The Labute approximate surface area is 184 Å². The molecule has 1 fully saturated rings. The number of hydrogen-bond donors (Lipinski definition) is 1. The van der Waals surface area contributed by atoms with Crippen LogP contribution in [0.3, 0.4) is 0 Å². The number of amides is 1. The van der Waals surface area contributed by atoms with Crippen molar-refractivity contribution in [3.8, 4) is 0 Å².